The summed E-state index contributed by atoms with van der Waals surface area (Å²) >= 11 is 0. The summed E-state index contributed by atoms with van der Waals surface area (Å²) in [7, 11) is 1.88. The van der Waals surface area contributed by atoms with Crippen LogP contribution in [0.25, 0.3) is 0 Å². The van der Waals surface area contributed by atoms with Crippen LogP contribution in [0.4, 0.5) is 5.82 Å². The maximum absolute atomic E-state index is 4.55. The van der Waals surface area contributed by atoms with Gasteiger partial charge >= 0.3 is 0 Å². The molecule has 3 rings (SSSR count). The van der Waals surface area contributed by atoms with Crippen LogP contribution >= 0.6 is 0 Å². The number of nitrogens with one attached hydrogen (secondary N) is 1. The predicted octanol–water partition coefficient (Wildman–Crippen LogP) is 2.60. The molecule has 1 aromatic heterocycles. The number of rotatable bonds is 2. The summed E-state index contributed by atoms with van der Waals surface area (Å²) < 4.78 is 0. The maximum atomic E-state index is 4.55. The van der Waals surface area contributed by atoms with Gasteiger partial charge in [-0.15, -0.1) is 0 Å². The zero-order chi connectivity index (χ0) is 11.7. The van der Waals surface area contributed by atoms with Gasteiger partial charge < -0.3 is 5.32 Å². The van der Waals surface area contributed by atoms with E-state index in [0.717, 1.165) is 24.5 Å². The standard InChI is InChI=1S/C14H15N3/c1-15-13-8-9-16-14(17-13)12-7-6-10-4-2-3-5-11(10)12/h2-5,8-9,12H,6-7H2,1H3,(H,15,16,17). The van der Waals surface area contributed by atoms with Crippen LogP contribution in [0.1, 0.15) is 29.3 Å². The van der Waals surface area contributed by atoms with Crippen LogP contribution < -0.4 is 5.32 Å². The van der Waals surface area contributed by atoms with Crippen LogP contribution in [-0.4, -0.2) is 17.0 Å². The van der Waals surface area contributed by atoms with E-state index >= 15 is 0 Å². The van der Waals surface area contributed by atoms with Gasteiger partial charge in [0, 0.05) is 19.2 Å². The van der Waals surface area contributed by atoms with Gasteiger partial charge in [-0.1, -0.05) is 24.3 Å². The average molecular weight is 225 g/mol. The molecule has 0 saturated carbocycles. The number of aromatic nitrogens is 2. The molecule has 2 aromatic rings. The molecular formula is C14H15N3. The second-order valence-electron chi connectivity index (χ2n) is 4.34. The molecule has 86 valence electrons. The van der Waals surface area contributed by atoms with E-state index in [9.17, 15) is 0 Å². The number of anilines is 1. The van der Waals surface area contributed by atoms with Crippen LogP contribution in [0.3, 0.4) is 0 Å². The second kappa shape index (κ2) is 4.17. The quantitative estimate of drug-likeness (QED) is 0.853. The third-order valence-electron chi connectivity index (χ3n) is 3.37. The Balaban J connectivity index is 2.01. The van der Waals surface area contributed by atoms with Crippen molar-refractivity contribution in [3.05, 3.63) is 53.5 Å². The predicted molar refractivity (Wildman–Crippen MR) is 68.2 cm³/mol. The van der Waals surface area contributed by atoms with Crippen molar-refractivity contribution in [2.75, 3.05) is 12.4 Å². The number of nitrogens with zero attached hydrogens (tertiary/aromatic N) is 2. The molecule has 3 nitrogen and oxygen atoms in total. The van der Waals surface area contributed by atoms with Crippen molar-refractivity contribution in [3.63, 3.8) is 0 Å². The molecule has 17 heavy (non-hydrogen) atoms. The van der Waals surface area contributed by atoms with Crippen molar-refractivity contribution >= 4 is 5.82 Å². The van der Waals surface area contributed by atoms with Crippen molar-refractivity contribution in [3.8, 4) is 0 Å². The third-order valence-corrected chi connectivity index (χ3v) is 3.37. The summed E-state index contributed by atoms with van der Waals surface area (Å²) in [6.07, 6.45) is 4.08. The minimum absolute atomic E-state index is 0.361. The van der Waals surface area contributed by atoms with Crippen LogP contribution in [0.2, 0.25) is 0 Å². The molecule has 1 unspecified atom stereocenters. The van der Waals surface area contributed by atoms with Gasteiger partial charge in [-0.2, -0.15) is 0 Å². The Morgan fingerprint density at radius 3 is 3.00 bits per heavy atom. The molecular weight excluding hydrogens is 210 g/mol. The third kappa shape index (κ3) is 1.78. The van der Waals surface area contributed by atoms with Crippen molar-refractivity contribution in [1.82, 2.24) is 9.97 Å². The minimum atomic E-state index is 0.361. The molecule has 0 fully saturated rings. The monoisotopic (exact) mass is 225 g/mol. The topological polar surface area (TPSA) is 37.8 Å². The Labute approximate surface area is 101 Å². The molecule has 0 saturated heterocycles. The highest BCUT2D eigenvalue weighted by Gasteiger charge is 2.25. The fraction of sp³-hybridized carbons (Fsp3) is 0.286. The van der Waals surface area contributed by atoms with E-state index in [1.54, 1.807) is 0 Å². The molecule has 1 aromatic carbocycles. The van der Waals surface area contributed by atoms with E-state index in [1.807, 2.05) is 19.3 Å². The van der Waals surface area contributed by atoms with Crippen molar-refractivity contribution in [1.29, 1.82) is 0 Å². The van der Waals surface area contributed by atoms with Crippen molar-refractivity contribution in [2.24, 2.45) is 0 Å². The van der Waals surface area contributed by atoms with Gasteiger partial charge in [-0.05, 0) is 30.0 Å². The zero-order valence-electron chi connectivity index (χ0n) is 9.85. The zero-order valence-corrected chi connectivity index (χ0v) is 9.85. The molecule has 0 spiro atoms. The molecule has 1 atom stereocenters. The molecule has 0 bridgehead atoms. The Morgan fingerprint density at radius 2 is 2.12 bits per heavy atom. The lowest BCUT2D eigenvalue weighted by Crippen LogP contribution is -2.04. The van der Waals surface area contributed by atoms with Crippen molar-refractivity contribution in [2.45, 2.75) is 18.8 Å². The fourth-order valence-corrected chi connectivity index (χ4v) is 2.51. The van der Waals surface area contributed by atoms with Crippen LogP contribution in [-0.2, 0) is 6.42 Å². The highest BCUT2D eigenvalue weighted by molar-refractivity contribution is 5.40. The van der Waals surface area contributed by atoms with E-state index in [-0.39, 0.29) is 0 Å². The van der Waals surface area contributed by atoms with Crippen LogP contribution in [0, 0.1) is 0 Å². The number of fused-ring (bicyclic) bond motifs is 1. The first-order chi connectivity index (χ1) is 8.38. The molecule has 0 aliphatic heterocycles. The largest absolute Gasteiger partial charge is 0.373 e. The summed E-state index contributed by atoms with van der Waals surface area (Å²) in [5.74, 6) is 2.18. The van der Waals surface area contributed by atoms with Gasteiger partial charge in [-0.3, -0.25) is 0 Å². The Morgan fingerprint density at radius 1 is 1.24 bits per heavy atom. The highest BCUT2D eigenvalue weighted by Crippen LogP contribution is 2.36. The van der Waals surface area contributed by atoms with E-state index in [1.165, 1.54) is 11.1 Å². The molecule has 1 heterocycles. The lowest BCUT2D eigenvalue weighted by Gasteiger charge is -2.10. The summed E-state index contributed by atoms with van der Waals surface area (Å²) in [6, 6.07) is 10.5. The molecule has 3 heteroatoms. The average Bonchev–Trinajstić information content (AvgIpc) is 2.82. The number of hydrogen-bond acceptors (Lipinski definition) is 3. The molecule has 1 aliphatic carbocycles. The SMILES string of the molecule is CNc1ccnc(C2CCc3ccccc32)n1. The van der Waals surface area contributed by atoms with Gasteiger partial charge in [-0.25, -0.2) is 9.97 Å². The van der Waals surface area contributed by atoms with E-state index in [4.69, 9.17) is 0 Å². The first kappa shape index (κ1) is 10.3. The maximum Gasteiger partial charge on any atom is 0.138 e. The first-order valence-corrected chi connectivity index (χ1v) is 5.97. The van der Waals surface area contributed by atoms with E-state index in [0.29, 0.717) is 5.92 Å². The van der Waals surface area contributed by atoms with Crippen LogP contribution in [0.15, 0.2) is 36.5 Å². The van der Waals surface area contributed by atoms with Crippen molar-refractivity contribution < 1.29 is 0 Å². The lowest BCUT2D eigenvalue weighted by atomic mass is 10.0. The summed E-state index contributed by atoms with van der Waals surface area (Å²) in [5.41, 5.74) is 2.83. The number of benzene rings is 1. The Bertz CT molecular complexity index is 536. The summed E-state index contributed by atoms with van der Waals surface area (Å²) in [5, 5.41) is 3.06. The molecule has 0 amide bonds. The Kier molecular flexibility index (Phi) is 2.52. The normalized spacial score (nSPS) is 17.8. The minimum Gasteiger partial charge on any atom is -0.373 e. The van der Waals surface area contributed by atoms with Gasteiger partial charge in [0.25, 0.3) is 0 Å². The van der Waals surface area contributed by atoms with Gasteiger partial charge in [0.2, 0.25) is 0 Å². The smallest absolute Gasteiger partial charge is 0.138 e. The summed E-state index contributed by atoms with van der Waals surface area (Å²) in [4.78, 5) is 8.97. The van der Waals surface area contributed by atoms with Gasteiger partial charge in [0.05, 0.1) is 0 Å². The number of hydrogen-bond donors (Lipinski definition) is 1. The molecule has 1 N–H and O–H groups in total. The van der Waals surface area contributed by atoms with Gasteiger partial charge in [0.1, 0.15) is 11.6 Å². The van der Waals surface area contributed by atoms with E-state index in [2.05, 4.69) is 39.6 Å². The van der Waals surface area contributed by atoms with Gasteiger partial charge in [0.15, 0.2) is 0 Å². The highest BCUT2D eigenvalue weighted by atomic mass is 15.0. The summed E-state index contributed by atoms with van der Waals surface area (Å²) in [6.45, 7) is 0. The van der Waals surface area contributed by atoms with E-state index < -0.39 is 0 Å². The van der Waals surface area contributed by atoms with Crippen LogP contribution in [0.5, 0.6) is 0 Å². The fourth-order valence-electron chi connectivity index (χ4n) is 2.51. The second-order valence-corrected chi connectivity index (χ2v) is 4.34. The number of aryl methyl sites for hydroxylation is 1. The lowest BCUT2D eigenvalue weighted by molar-refractivity contribution is 0.729. The molecule has 0 radical (unpaired) electrons. The Hall–Kier alpha value is -1.90. The first-order valence-electron chi connectivity index (χ1n) is 5.97. The molecule has 1 aliphatic rings.